The van der Waals surface area contributed by atoms with Crippen molar-refractivity contribution in [2.45, 2.75) is 38.8 Å². The molecule has 6 nitrogen and oxygen atoms in total. The third kappa shape index (κ3) is 4.87. The predicted molar refractivity (Wildman–Crippen MR) is 110 cm³/mol. The zero-order valence-corrected chi connectivity index (χ0v) is 16.4. The second-order valence-corrected chi connectivity index (χ2v) is 7.87. The van der Waals surface area contributed by atoms with Crippen molar-refractivity contribution in [2.75, 3.05) is 31.1 Å². The third-order valence-corrected chi connectivity index (χ3v) is 5.76. The number of carbonyl (C=O) groups excluding carboxylic acids is 1. The number of nitrogens with zero attached hydrogens (tertiary/aromatic N) is 4. The predicted octanol–water partition coefficient (Wildman–Crippen LogP) is 2.61. The zero-order chi connectivity index (χ0) is 19.2. The van der Waals surface area contributed by atoms with Crippen LogP contribution >= 0.6 is 0 Å². The Hall–Kier alpha value is -2.47. The minimum Gasteiger partial charge on any atom is -0.355 e. The Morgan fingerprint density at radius 1 is 1.04 bits per heavy atom. The van der Waals surface area contributed by atoms with E-state index in [1.54, 1.807) is 18.6 Å². The molecular weight excluding hydrogens is 350 g/mol. The molecule has 3 heterocycles. The van der Waals surface area contributed by atoms with Crippen molar-refractivity contribution in [3.63, 3.8) is 0 Å². The Morgan fingerprint density at radius 2 is 1.82 bits per heavy atom. The van der Waals surface area contributed by atoms with Gasteiger partial charge < -0.3 is 10.2 Å². The molecular formula is C22H29N5O. The lowest BCUT2D eigenvalue weighted by molar-refractivity contribution is -0.125. The van der Waals surface area contributed by atoms with Crippen molar-refractivity contribution in [3.8, 4) is 0 Å². The van der Waals surface area contributed by atoms with E-state index in [0.717, 1.165) is 37.3 Å². The Bertz CT molecular complexity index is 758. The minimum absolute atomic E-state index is 0.00481. The summed E-state index contributed by atoms with van der Waals surface area (Å²) in [4.78, 5) is 25.8. The van der Waals surface area contributed by atoms with Gasteiger partial charge in [0.1, 0.15) is 5.82 Å². The zero-order valence-electron chi connectivity index (χ0n) is 16.4. The Morgan fingerprint density at radius 3 is 2.57 bits per heavy atom. The van der Waals surface area contributed by atoms with E-state index in [2.05, 4.69) is 49.4 Å². The van der Waals surface area contributed by atoms with Gasteiger partial charge in [0.15, 0.2) is 0 Å². The molecule has 2 saturated heterocycles. The van der Waals surface area contributed by atoms with Crippen LogP contribution in [0.4, 0.5) is 5.82 Å². The Kier molecular flexibility index (Phi) is 6.17. The maximum Gasteiger partial charge on any atom is 0.225 e. The maximum absolute atomic E-state index is 12.7. The first-order chi connectivity index (χ1) is 13.8. The lowest BCUT2D eigenvalue weighted by Crippen LogP contribution is -2.43. The van der Waals surface area contributed by atoms with Gasteiger partial charge in [0.05, 0.1) is 12.1 Å². The number of rotatable bonds is 6. The summed E-state index contributed by atoms with van der Waals surface area (Å²) in [5.74, 6) is 0.994. The highest BCUT2D eigenvalue weighted by Crippen LogP contribution is 2.21. The van der Waals surface area contributed by atoms with Crippen LogP contribution in [0.3, 0.4) is 0 Å². The number of anilines is 1. The SMILES string of the molecule is O=C(NCc1ccc(CN2CCCC2)cc1)[C@@H]1CCCN(c2cnccn2)C1. The van der Waals surface area contributed by atoms with E-state index in [1.807, 2.05) is 0 Å². The van der Waals surface area contributed by atoms with Gasteiger partial charge in [-0.2, -0.15) is 0 Å². The van der Waals surface area contributed by atoms with E-state index in [-0.39, 0.29) is 11.8 Å². The second kappa shape index (κ2) is 9.15. The normalized spacial score (nSPS) is 20.3. The highest BCUT2D eigenvalue weighted by atomic mass is 16.1. The molecule has 0 spiro atoms. The lowest BCUT2D eigenvalue weighted by Gasteiger charge is -2.32. The third-order valence-electron chi connectivity index (χ3n) is 5.76. The van der Waals surface area contributed by atoms with Crippen LogP contribution in [0.15, 0.2) is 42.9 Å². The van der Waals surface area contributed by atoms with Crippen molar-refractivity contribution in [1.29, 1.82) is 0 Å². The molecule has 2 aliphatic heterocycles. The van der Waals surface area contributed by atoms with E-state index in [4.69, 9.17) is 0 Å². The van der Waals surface area contributed by atoms with Crippen LogP contribution in [0, 0.1) is 5.92 Å². The van der Waals surface area contributed by atoms with Crippen molar-refractivity contribution >= 4 is 11.7 Å². The number of piperidine rings is 1. The number of aromatic nitrogens is 2. The molecule has 28 heavy (non-hydrogen) atoms. The number of hydrogen-bond acceptors (Lipinski definition) is 5. The summed E-state index contributed by atoms with van der Waals surface area (Å²) in [5, 5.41) is 3.12. The van der Waals surface area contributed by atoms with E-state index in [9.17, 15) is 4.79 Å². The van der Waals surface area contributed by atoms with Gasteiger partial charge in [0, 0.05) is 38.6 Å². The van der Waals surface area contributed by atoms with Crippen LogP contribution in [-0.2, 0) is 17.9 Å². The summed E-state index contributed by atoms with van der Waals surface area (Å²) in [6, 6.07) is 8.66. The molecule has 4 rings (SSSR count). The van der Waals surface area contributed by atoms with Gasteiger partial charge in [-0.3, -0.25) is 14.7 Å². The number of hydrogen-bond donors (Lipinski definition) is 1. The standard InChI is InChI=1S/C22H29N5O/c28-22(20-4-3-13-27(17-20)21-15-23-9-10-24-21)25-14-18-5-7-19(8-6-18)16-26-11-1-2-12-26/h5-10,15,20H,1-4,11-14,16-17H2,(H,25,28)/t20-/m1/s1. The van der Waals surface area contributed by atoms with Gasteiger partial charge in [0.25, 0.3) is 0 Å². The Labute approximate surface area is 167 Å². The van der Waals surface area contributed by atoms with Crippen LogP contribution in [0.2, 0.25) is 0 Å². The van der Waals surface area contributed by atoms with Crippen molar-refractivity contribution in [1.82, 2.24) is 20.2 Å². The van der Waals surface area contributed by atoms with Gasteiger partial charge in [-0.25, -0.2) is 4.98 Å². The average Bonchev–Trinajstić information content (AvgIpc) is 3.27. The summed E-state index contributed by atoms with van der Waals surface area (Å²) in [7, 11) is 0. The molecule has 148 valence electrons. The molecule has 0 radical (unpaired) electrons. The quantitative estimate of drug-likeness (QED) is 0.836. The van der Waals surface area contributed by atoms with Crippen LogP contribution in [0.5, 0.6) is 0 Å². The molecule has 2 aliphatic rings. The summed E-state index contributed by atoms with van der Waals surface area (Å²) in [6.45, 7) is 5.69. The number of amides is 1. The van der Waals surface area contributed by atoms with Crippen molar-refractivity contribution in [3.05, 3.63) is 54.0 Å². The Balaban J connectivity index is 1.26. The first kappa shape index (κ1) is 18.9. The fourth-order valence-electron chi connectivity index (χ4n) is 4.15. The monoisotopic (exact) mass is 379 g/mol. The van der Waals surface area contributed by atoms with Gasteiger partial charge in [-0.1, -0.05) is 24.3 Å². The highest BCUT2D eigenvalue weighted by Gasteiger charge is 2.26. The molecule has 1 aromatic carbocycles. The summed E-state index contributed by atoms with van der Waals surface area (Å²) in [6.07, 6.45) is 9.71. The van der Waals surface area contributed by atoms with E-state index in [0.29, 0.717) is 13.1 Å². The minimum atomic E-state index is 0.00481. The number of likely N-dealkylation sites (tertiary alicyclic amines) is 1. The smallest absolute Gasteiger partial charge is 0.225 e. The molecule has 2 fully saturated rings. The van der Waals surface area contributed by atoms with Gasteiger partial charge in [-0.05, 0) is 49.9 Å². The largest absolute Gasteiger partial charge is 0.355 e. The van der Waals surface area contributed by atoms with Crippen LogP contribution in [0.1, 0.15) is 36.8 Å². The molecule has 0 aliphatic carbocycles. The molecule has 2 aromatic rings. The van der Waals surface area contributed by atoms with Gasteiger partial charge >= 0.3 is 0 Å². The molecule has 1 aromatic heterocycles. The molecule has 1 atom stereocenters. The molecule has 0 saturated carbocycles. The van der Waals surface area contributed by atoms with E-state index < -0.39 is 0 Å². The van der Waals surface area contributed by atoms with E-state index in [1.165, 1.54) is 31.5 Å². The summed E-state index contributed by atoms with van der Waals surface area (Å²) in [5.41, 5.74) is 2.50. The topological polar surface area (TPSA) is 61.4 Å². The van der Waals surface area contributed by atoms with Gasteiger partial charge in [-0.15, -0.1) is 0 Å². The fraction of sp³-hybridized carbons (Fsp3) is 0.500. The summed E-state index contributed by atoms with van der Waals surface area (Å²) >= 11 is 0. The van der Waals surface area contributed by atoms with Crippen LogP contribution in [-0.4, -0.2) is 47.0 Å². The van der Waals surface area contributed by atoms with Gasteiger partial charge in [0.2, 0.25) is 5.91 Å². The van der Waals surface area contributed by atoms with Crippen molar-refractivity contribution < 1.29 is 4.79 Å². The number of carbonyl (C=O) groups is 1. The summed E-state index contributed by atoms with van der Waals surface area (Å²) < 4.78 is 0. The fourth-order valence-corrected chi connectivity index (χ4v) is 4.15. The molecule has 0 unspecified atom stereocenters. The van der Waals surface area contributed by atoms with E-state index >= 15 is 0 Å². The molecule has 6 heteroatoms. The molecule has 0 bridgehead atoms. The van der Waals surface area contributed by atoms with Crippen LogP contribution in [0.25, 0.3) is 0 Å². The maximum atomic E-state index is 12.7. The lowest BCUT2D eigenvalue weighted by atomic mass is 9.97. The second-order valence-electron chi connectivity index (χ2n) is 7.87. The van der Waals surface area contributed by atoms with Crippen molar-refractivity contribution in [2.24, 2.45) is 5.92 Å². The highest BCUT2D eigenvalue weighted by molar-refractivity contribution is 5.79. The number of benzene rings is 1. The molecule has 1 amide bonds. The first-order valence-corrected chi connectivity index (χ1v) is 10.4. The average molecular weight is 380 g/mol. The van der Waals surface area contributed by atoms with Crippen LogP contribution < -0.4 is 10.2 Å². The number of nitrogens with one attached hydrogen (secondary N) is 1. The molecule has 1 N–H and O–H groups in total. The first-order valence-electron chi connectivity index (χ1n) is 10.4.